The summed E-state index contributed by atoms with van der Waals surface area (Å²) >= 11 is 0. The molecule has 45 heavy (non-hydrogen) atoms. The van der Waals surface area contributed by atoms with Crippen LogP contribution in [0.25, 0.3) is 66.1 Å². The monoisotopic (exact) mass is 592 g/mol. The highest BCUT2D eigenvalue weighted by atomic mass is 19.4. The molecule has 0 aliphatic rings. The number of alkyl halides is 3. The average molecular weight is 593 g/mol. The molecule has 0 amide bonds. The van der Waals surface area contributed by atoms with E-state index < -0.39 is 11.7 Å². The molecule has 0 unspecified atom stereocenters. The van der Waals surface area contributed by atoms with E-state index >= 15 is 0 Å². The van der Waals surface area contributed by atoms with Gasteiger partial charge >= 0.3 is 6.18 Å². The van der Waals surface area contributed by atoms with Crippen LogP contribution < -0.4 is 0 Å². The second-order valence-corrected chi connectivity index (χ2v) is 11.2. The Labute approximate surface area is 255 Å². The van der Waals surface area contributed by atoms with Gasteiger partial charge in [-0.2, -0.15) is 18.4 Å². The van der Waals surface area contributed by atoms with Crippen LogP contribution in [0.2, 0.25) is 0 Å². The van der Waals surface area contributed by atoms with Gasteiger partial charge in [0.1, 0.15) is 0 Å². The minimum Gasteiger partial charge on any atom is -0.309 e. The van der Waals surface area contributed by atoms with Crippen LogP contribution in [0.15, 0.2) is 122 Å². The maximum Gasteiger partial charge on any atom is 0.416 e. The Morgan fingerprint density at radius 2 is 1.24 bits per heavy atom. The standard InChI is InChI=1S/C38H23F3N4/c1-23-10-13-34-29(18-23)26-6-2-4-8-32(26)44(34)35-14-11-24(21-42)19-30(35)28-16-17-43-22-37(28)45-33-9-5-3-7-27(33)31-20-25(38(39,40)41)12-15-36(31)45/h2-20,22H,1H3. The Morgan fingerprint density at radius 1 is 0.622 bits per heavy atom. The molecule has 7 heteroatoms. The number of aryl methyl sites for hydroxylation is 1. The number of rotatable bonds is 3. The minimum atomic E-state index is -4.47. The second-order valence-electron chi connectivity index (χ2n) is 11.2. The Hall–Kier alpha value is -5.87. The van der Waals surface area contributed by atoms with Crippen LogP contribution in [0, 0.1) is 18.3 Å². The predicted octanol–water partition coefficient (Wildman–Crippen LogP) is 10.1. The molecule has 3 aromatic heterocycles. The minimum absolute atomic E-state index is 0.491. The molecule has 0 saturated carbocycles. The maximum atomic E-state index is 13.8. The number of aromatic nitrogens is 3. The van der Waals surface area contributed by atoms with Gasteiger partial charge in [-0.15, -0.1) is 0 Å². The molecule has 0 bridgehead atoms. The normalized spacial score (nSPS) is 12.0. The summed E-state index contributed by atoms with van der Waals surface area (Å²) in [7, 11) is 0. The van der Waals surface area contributed by atoms with E-state index in [0.717, 1.165) is 55.8 Å². The van der Waals surface area contributed by atoms with Gasteiger partial charge in [0.2, 0.25) is 0 Å². The highest BCUT2D eigenvalue weighted by Crippen LogP contribution is 2.42. The Bertz CT molecular complexity index is 2510. The number of hydrogen-bond acceptors (Lipinski definition) is 2. The molecule has 0 fully saturated rings. The molecular formula is C38H23F3N4. The SMILES string of the molecule is Cc1ccc2c(c1)c1ccccc1n2-c1ccc(C#N)cc1-c1ccncc1-n1c2ccccc2c2cc(C(F)(F)F)ccc21. The fourth-order valence-electron chi connectivity index (χ4n) is 6.56. The molecule has 0 saturated heterocycles. The Morgan fingerprint density at radius 3 is 1.93 bits per heavy atom. The molecule has 0 N–H and O–H groups in total. The zero-order valence-corrected chi connectivity index (χ0v) is 24.0. The van der Waals surface area contributed by atoms with Crippen LogP contribution in [0.4, 0.5) is 13.2 Å². The Balaban J connectivity index is 1.46. The third-order valence-electron chi connectivity index (χ3n) is 8.53. The average Bonchev–Trinajstić information content (AvgIpc) is 3.56. The third-order valence-corrected chi connectivity index (χ3v) is 8.53. The van der Waals surface area contributed by atoms with Gasteiger partial charge in [-0.25, -0.2) is 0 Å². The summed E-state index contributed by atoms with van der Waals surface area (Å²) in [5.74, 6) is 0. The van der Waals surface area contributed by atoms with Crippen molar-refractivity contribution in [3.63, 3.8) is 0 Å². The first-order valence-electron chi connectivity index (χ1n) is 14.4. The lowest BCUT2D eigenvalue weighted by atomic mass is 10.00. The highest BCUT2D eigenvalue weighted by Gasteiger charge is 2.31. The summed E-state index contributed by atoms with van der Waals surface area (Å²) in [5.41, 5.74) is 7.53. The lowest BCUT2D eigenvalue weighted by Gasteiger charge is -2.18. The maximum absolute atomic E-state index is 13.8. The predicted molar refractivity (Wildman–Crippen MR) is 173 cm³/mol. The number of halogens is 3. The lowest BCUT2D eigenvalue weighted by Crippen LogP contribution is -2.05. The first-order valence-corrected chi connectivity index (χ1v) is 14.4. The number of nitrogens with zero attached hydrogens (tertiary/aromatic N) is 4. The number of benzene rings is 5. The molecule has 0 aliphatic heterocycles. The molecule has 3 heterocycles. The van der Waals surface area contributed by atoms with Crippen molar-refractivity contribution in [2.45, 2.75) is 13.1 Å². The van der Waals surface area contributed by atoms with E-state index in [1.165, 1.54) is 12.1 Å². The number of nitriles is 1. The van der Waals surface area contributed by atoms with Gasteiger partial charge in [0.15, 0.2) is 0 Å². The number of para-hydroxylation sites is 2. The van der Waals surface area contributed by atoms with E-state index in [2.05, 4.69) is 52.9 Å². The molecule has 216 valence electrons. The third kappa shape index (κ3) is 4.10. The van der Waals surface area contributed by atoms with Gasteiger partial charge in [0.25, 0.3) is 0 Å². The van der Waals surface area contributed by atoms with Crippen molar-refractivity contribution < 1.29 is 13.2 Å². The van der Waals surface area contributed by atoms with Crippen molar-refractivity contribution in [3.8, 4) is 28.6 Å². The summed E-state index contributed by atoms with van der Waals surface area (Å²) in [4.78, 5) is 4.47. The van der Waals surface area contributed by atoms with E-state index in [9.17, 15) is 18.4 Å². The number of fused-ring (bicyclic) bond motifs is 6. The fourth-order valence-corrected chi connectivity index (χ4v) is 6.56. The van der Waals surface area contributed by atoms with Gasteiger partial charge in [-0.05, 0) is 73.7 Å². The van der Waals surface area contributed by atoms with Gasteiger partial charge < -0.3 is 9.13 Å². The van der Waals surface area contributed by atoms with Crippen LogP contribution >= 0.6 is 0 Å². The summed E-state index contributed by atoms with van der Waals surface area (Å²) in [6.45, 7) is 2.07. The van der Waals surface area contributed by atoms with Crippen LogP contribution in [0.1, 0.15) is 16.7 Å². The van der Waals surface area contributed by atoms with Gasteiger partial charge in [0, 0.05) is 38.9 Å². The quantitative estimate of drug-likeness (QED) is 0.205. The molecule has 8 aromatic rings. The number of hydrogen-bond donors (Lipinski definition) is 0. The van der Waals surface area contributed by atoms with Crippen LogP contribution in [-0.2, 0) is 6.18 Å². The van der Waals surface area contributed by atoms with Gasteiger partial charge in [0.05, 0.1) is 56.8 Å². The van der Waals surface area contributed by atoms with E-state index in [4.69, 9.17) is 0 Å². The molecule has 4 nitrogen and oxygen atoms in total. The van der Waals surface area contributed by atoms with Gasteiger partial charge in [-0.1, -0.05) is 48.0 Å². The summed E-state index contributed by atoms with van der Waals surface area (Å²) < 4.78 is 45.5. The zero-order valence-electron chi connectivity index (χ0n) is 24.0. The first-order chi connectivity index (χ1) is 21.8. The summed E-state index contributed by atoms with van der Waals surface area (Å²) in [5, 5.41) is 13.4. The molecule has 8 rings (SSSR count). The smallest absolute Gasteiger partial charge is 0.309 e. The van der Waals surface area contributed by atoms with Crippen molar-refractivity contribution in [1.82, 2.24) is 14.1 Å². The molecule has 0 spiro atoms. The Kier molecular flexibility index (Phi) is 5.84. The van der Waals surface area contributed by atoms with E-state index in [0.29, 0.717) is 27.5 Å². The highest BCUT2D eigenvalue weighted by molar-refractivity contribution is 6.11. The largest absolute Gasteiger partial charge is 0.416 e. The molecule has 0 radical (unpaired) electrons. The van der Waals surface area contributed by atoms with E-state index in [1.807, 2.05) is 65.2 Å². The first kappa shape index (κ1) is 26.7. The molecular weight excluding hydrogens is 569 g/mol. The van der Waals surface area contributed by atoms with Crippen molar-refractivity contribution in [2.24, 2.45) is 0 Å². The molecule has 0 aliphatic carbocycles. The second kappa shape index (κ2) is 9.83. The molecule has 5 aromatic carbocycles. The lowest BCUT2D eigenvalue weighted by molar-refractivity contribution is -0.137. The van der Waals surface area contributed by atoms with Crippen LogP contribution in [-0.4, -0.2) is 14.1 Å². The van der Waals surface area contributed by atoms with Crippen molar-refractivity contribution in [2.75, 3.05) is 0 Å². The topological polar surface area (TPSA) is 46.5 Å². The van der Waals surface area contributed by atoms with Crippen LogP contribution in [0.3, 0.4) is 0 Å². The zero-order chi connectivity index (χ0) is 30.9. The molecule has 0 atom stereocenters. The summed E-state index contributed by atoms with van der Waals surface area (Å²) in [6, 6.07) is 35.8. The van der Waals surface area contributed by atoms with E-state index in [1.54, 1.807) is 12.4 Å². The van der Waals surface area contributed by atoms with Gasteiger partial charge in [-0.3, -0.25) is 4.98 Å². The summed E-state index contributed by atoms with van der Waals surface area (Å²) in [6.07, 6.45) is -1.03. The fraction of sp³-hybridized carbons (Fsp3) is 0.0526. The van der Waals surface area contributed by atoms with Crippen LogP contribution in [0.5, 0.6) is 0 Å². The van der Waals surface area contributed by atoms with E-state index in [-0.39, 0.29) is 0 Å². The van der Waals surface area contributed by atoms with Crippen molar-refractivity contribution >= 4 is 43.6 Å². The van der Waals surface area contributed by atoms with Crippen molar-refractivity contribution in [3.05, 3.63) is 138 Å². The van der Waals surface area contributed by atoms with Crippen molar-refractivity contribution in [1.29, 1.82) is 5.26 Å². The number of pyridine rings is 1.